The maximum atomic E-state index is 6.30. The summed E-state index contributed by atoms with van der Waals surface area (Å²) in [5, 5.41) is 4.67. The topological polar surface area (TPSA) is 21.3 Å². The van der Waals surface area contributed by atoms with Crippen LogP contribution in [0.15, 0.2) is 36.4 Å². The van der Waals surface area contributed by atoms with Gasteiger partial charge in [0.1, 0.15) is 5.75 Å². The zero-order chi connectivity index (χ0) is 14.8. The van der Waals surface area contributed by atoms with Crippen LogP contribution < -0.4 is 10.1 Å². The first-order valence-corrected chi connectivity index (χ1v) is 7.84. The van der Waals surface area contributed by atoms with Gasteiger partial charge in [0.2, 0.25) is 0 Å². The number of halogens is 2. The van der Waals surface area contributed by atoms with E-state index in [1.54, 1.807) is 0 Å². The summed E-state index contributed by atoms with van der Waals surface area (Å²) in [4.78, 5) is 0. The quantitative estimate of drug-likeness (QED) is 0.801. The molecule has 1 N–H and O–H groups in total. The normalized spacial score (nSPS) is 14.2. The lowest BCUT2D eigenvalue weighted by Crippen LogP contribution is -2.15. The minimum atomic E-state index is 0.594. The van der Waals surface area contributed by atoms with Crippen LogP contribution in [0.1, 0.15) is 24.0 Å². The van der Waals surface area contributed by atoms with Crippen molar-refractivity contribution in [3.63, 3.8) is 0 Å². The molecule has 1 fully saturated rings. The maximum Gasteiger partial charge on any atom is 0.150 e. The summed E-state index contributed by atoms with van der Waals surface area (Å²) < 4.78 is 5.97. The summed E-state index contributed by atoms with van der Waals surface area (Å²) in [5.41, 5.74) is 2.15. The van der Waals surface area contributed by atoms with Gasteiger partial charge in [-0.1, -0.05) is 41.4 Å². The van der Waals surface area contributed by atoms with Crippen molar-refractivity contribution in [2.24, 2.45) is 0 Å². The Morgan fingerprint density at radius 1 is 1.14 bits per heavy atom. The molecule has 2 aromatic rings. The lowest BCUT2D eigenvalue weighted by atomic mass is 10.2. The zero-order valence-electron chi connectivity index (χ0n) is 11.8. The van der Waals surface area contributed by atoms with Crippen LogP contribution >= 0.6 is 23.2 Å². The Labute approximate surface area is 135 Å². The molecule has 0 bridgehead atoms. The van der Waals surface area contributed by atoms with E-state index >= 15 is 0 Å². The van der Waals surface area contributed by atoms with Crippen molar-refractivity contribution in [2.45, 2.75) is 32.4 Å². The molecular formula is C17H17Cl2NO. The first-order valence-electron chi connectivity index (χ1n) is 7.08. The summed E-state index contributed by atoms with van der Waals surface area (Å²) in [5.74, 6) is 1.31. The third kappa shape index (κ3) is 3.70. The number of rotatable bonds is 5. The molecule has 2 aromatic carbocycles. The van der Waals surface area contributed by atoms with Crippen LogP contribution in [0.2, 0.25) is 10.0 Å². The number of para-hydroxylation sites is 1. The molecule has 1 aliphatic carbocycles. The van der Waals surface area contributed by atoms with Crippen LogP contribution in [0.25, 0.3) is 0 Å². The smallest absolute Gasteiger partial charge is 0.150 e. The van der Waals surface area contributed by atoms with Crippen LogP contribution in [-0.4, -0.2) is 6.04 Å². The van der Waals surface area contributed by atoms with E-state index < -0.39 is 0 Å². The predicted molar refractivity (Wildman–Crippen MR) is 87.6 cm³/mol. The fraction of sp³-hybridized carbons (Fsp3) is 0.294. The molecule has 110 valence electrons. The lowest BCUT2D eigenvalue weighted by molar-refractivity contribution is 0.473. The molecule has 0 amide bonds. The average molecular weight is 322 g/mol. The second-order valence-electron chi connectivity index (χ2n) is 5.42. The van der Waals surface area contributed by atoms with E-state index in [0.717, 1.165) is 17.7 Å². The highest BCUT2D eigenvalue weighted by Gasteiger charge is 2.21. The summed E-state index contributed by atoms with van der Waals surface area (Å²) in [7, 11) is 0. The molecule has 0 heterocycles. The van der Waals surface area contributed by atoms with Gasteiger partial charge in [-0.2, -0.15) is 0 Å². The van der Waals surface area contributed by atoms with Gasteiger partial charge in [-0.25, -0.2) is 0 Å². The number of aryl methyl sites for hydroxylation is 1. The average Bonchev–Trinajstić information content (AvgIpc) is 3.26. The van der Waals surface area contributed by atoms with E-state index in [1.165, 1.54) is 12.8 Å². The van der Waals surface area contributed by atoms with Gasteiger partial charge in [-0.3, -0.25) is 0 Å². The van der Waals surface area contributed by atoms with Crippen LogP contribution in [0.5, 0.6) is 11.5 Å². The molecule has 4 heteroatoms. The molecule has 0 unspecified atom stereocenters. The third-order valence-corrected chi connectivity index (χ3v) is 4.10. The van der Waals surface area contributed by atoms with Gasteiger partial charge in [0.05, 0.1) is 10.0 Å². The Kier molecular flexibility index (Phi) is 4.39. The summed E-state index contributed by atoms with van der Waals surface area (Å²) >= 11 is 12.5. The Bertz CT molecular complexity index is 653. The largest absolute Gasteiger partial charge is 0.454 e. The Hall–Kier alpha value is -1.22. The number of hydrogen-bond acceptors (Lipinski definition) is 2. The number of ether oxygens (including phenoxy) is 1. The van der Waals surface area contributed by atoms with Gasteiger partial charge in [0, 0.05) is 18.2 Å². The summed E-state index contributed by atoms with van der Waals surface area (Å²) in [6.45, 7) is 2.75. The van der Waals surface area contributed by atoms with E-state index in [4.69, 9.17) is 27.9 Å². The minimum absolute atomic E-state index is 0.594. The third-order valence-electron chi connectivity index (χ3n) is 3.51. The molecule has 0 aromatic heterocycles. The molecule has 0 saturated heterocycles. The maximum absolute atomic E-state index is 6.30. The van der Waals surface area contributed by atoms with Gasteiger partial charge >= 0.3 is 0 Å². The molecule has 2 nitrogen and oxygen atoms in total. The molecule has 3 rings (SSSR count). The van der Waals surface area contributed by atoms with Crippen molar-refractivity contribution in [3.8, 4) is 11.5 Å². The van der Waals surface area contributed by atoms with Crippen molar-refractivity contribution in [3.05, 3.63) is 57.6 Å². The van der Waals surface area contributed by atoms with E-state index in [-0.39, 0.29) is 0 Å². The monoisotopic (exact) mass is 321 g/mol. The number of hydrogen-bond donors (Lipinski definition) is 1. The van der Waals surface area contributed by atoms with Crippen molar-refractivity contribution < 1.29 is 4.74 Å². The Morgan fingerprint density at radius 3 is 2.67 bits per heavy atom. The lowest BCUT2D eigenvalue weighted by Gasteiger charge is -2.14. The van der Waals surface area contributed by atoms with Crippen molar-refractivity contribution in [1.29, 1.82) is 0 Å². The van der Waals surface area contributed by atoms with E-state index in [1.807, 2.05) is 43.3 Å². The van der Waals surface area contributed by atoms with Gasteiger partial charge in [-0.05, 0) is 43.5 Å². The highest BCUT2D eigenvalue weighted by Crippen LogP contribution is 2.36. The van der Waals surface area contributed by atoms with Gasteiger partial charge < -0.3 is 10.1 Å². The van der Waals surface area contributed by atoms with Crippen LogP contribution in [0.4, 0.5) is 0 Å². The molecule has 0 spiro atoms. The van der Waals surface area contributed by atoms with Gasteiger partial charge in [0.25, 0.3) is 0 Å². The number of benzene rings is 2. The highest BCUT2D eigenvalue weighted by molar-refractivity contribution is 6.33. The molecule has 0 aliphatic heterocycles. The highest BCUT2D eigenvalue weighted by atomic mass is 35.5. The Morgan fingerprint density at radius 2 is 1.95 bits per heavy atom. The molecule has 21 heavy (non-hydrogen) atoms. The molecular weight excluding hydrogens is 305 g/mol. The van der Waals surface area contributed by atoms with Crippen LogP contribution in [0.3, 0.4) is 0 Å². The molecule has 0 atom stereocenters. The van der Waals surface area contributed by atoms with Gasteiger partial charge in [0.15, 0.2) is 5.75 Å². The number of nitrogens with one attached hydrogen (secondary N) is 1. The fourth-order valence-corrected chi connectivity index (χ4v) is 2.65. The standard InChI is InChI=1S/C17H17Cl2NO/c1-11-5-8-16(15(19)9-11)21-17-12(3-2-4-14(17)18)10-20-13-6-7-13/h2-5,8-9,13,20H,6-7,10H2,1H3. The van der Waals surface area contributed by atoms with Crippen molar-refractivity contribution in [1.82, 2.24) is 5.32 Å². The minimum Gasteiger partial charge on any atom is -0.454 e. The summed E-state index contributed by atoms with van der Waals surface area (Å²) in [6, 6.07) is 12.2. The fourth-order valence-electron chi connectivity index (χ4n) is 2.15. The first kappa shape index (κ1) is 14.7. The summed E-state index contributed by atoms with van der Waals surface area (Å²) in [6.07, 6.45) is 2.50. The van der Waals surface area contributed by atoms with Crippen LogP contribution in [-0.2, 0) is 6.54 Å². The Balaban J connectivity index is 1.85. The first-order chi connectivity index (χ1) is 10.1. The van der Waals surface area contributed by atoms with Crippen LogP contribution in [0, 0.1) is 6.92 Å². The molecule has 1 saturated carbocycles. The van der Waals surface area contributed by atoms with E-state index in [0.29, 0.717) is 27.6 Å². The van der Waals surface area contributed by atoms with Gasteiger partial charge in [-0.15, -0.1) is 0 Å². The van der Waals surface area contributed by atoms with Crippen molar-refractivity contribution >= 4 is 23.2 Å². The van der Waals surface area contributed by atoms with E-state index in [9.17, 15) is 0 Å². The SMILES string of the molecule is Cc1ccc(Oc2c(Cl)cccc2CNC2CC2)c(Cl)c1. The zero-order valence-corrected chi connectivity index (χ0v) is 13.3. The second-order valence-corrected chi connectivity index (χ2v) is 6.23. The molecule has 1 aliphatic rings. The van der Waals surface area contributed by atoms with E-state index in [2.05, 4.69) is 5.32 Å². The van der Waals surface area contributed by atoms with Crippen molar-refractivity contribution in [2.75, 3.05) is 0 Å². The second kappa shape index (κ2) is 6.27. The molecule has 0 radical (unpaired) electrons. The predicted octanol–water partition coefficient (Wildman–Crippen LogP) is 5.35.